The summed E-state index contributed by atoms with van der Waals surface area (Å²) in [5.74, 6) is 0. The normalized spacial score (nSPS) is 13.1. The highest BCUT2D eigenvalue weighted by Crippen LogP contribution is 2.52. The first kappa shape index (κ1) is 63.5. The predicted octanol–water partition coefficient (Wildman–Crippen LogP) is 25.4. The number of rotatable bonds is 8. The van der Waals surface area contributed by atoms with Gasteiger partial charge >= 0.3 is 0 Å². The fraction of sp³-hybridized carbons (Fsp3) is 0.372. The van der Waals surface area contributed by atoms with Crippen LogP contribution in [0.15, 0.2) is 182 Å². The molecule has 0 aromatic heterocycles. The molecule has 0 unspecified atom stereocenters. The maximum absolute atomic E-state index is 2.60. The summed E-state index contributed by atoms with van der Waals surface area (Å²) in [7, 11) is 0. The van der Waals surface area contributed by atoms with Crippen LogP contribution < -0.4 is 0 Å². The molecule has 0 spiro atoms. The number of hydrogen-bond acceptors (Lipinski definition) is 0. The third-order valence-corrected chi connectivity index (χ3v) is 17.9. The highest BCUT2D eigenvalue weighted by Gasteiger charge is 2.30. The van der Waals surface area contributed by atoms with Crippen LogP contribution in [0, 0.1) is 0 Å². The maximum atomic E-state index is 2.60. The summed E-state index contributed by atoms with van der Waals surface area (Å²) in [6, 6.07) is 71.9. The Morgan fingerprint density at radius 2 is 0.267 bits per heavy atom. The zero-order chi connectivity index (χ0) is 63.1. The molecule has 0 saturated heterocycles. The highest BCUT2D eigenvalue weighted by atomic mass is 14.3. The zero-order valence-corrected chi connectivity index (χ0v) is 57.3. The summed E-state index contributed by atoms with van der Waals surface area (Å²) in [4.78, 5) is 0. The van der Waals surface area contributed by atoms with E-state index in [2.05, 4.69) is 348 Å². The van der Waals surface area contributed by atoms with Crippen LogP contribution in [0.5, 0.6) is 0 Å². The van der Waals surface area contributed by atoms with Crippen LogP contribution in [0.1, 0.15) is 211 Å². The molecule has 0 amide bonds. The lowest BCUT2D eigenvalue weighted by atomic mass is 9.76. The molecule has 0 aliphatic heterocycles. The van der Waals surface area contributed by atoms with Gasteiger partial charge in [-0.2, -0.15) is 0 Å². The first-order chi connectivity index (χ1) is 39.7. The first-order valence-corrected chi connectivity index (χ1v) is 31.9. The average Bonchev–Trinajstić information content (AvgIpc) is 0.790. The minimum atomic E-state index is -0.0638. The van der Waals surface area contributed by atoms with Gasteiger partial charge in [0, 0.05) is 0 Å². The Morgan fingerprint density at radius 1 is 0.140 bits per heavy atom. The molecule has 9 rings (SSSR count). The molecule has 9 aromatic carbocycles. The predicted molar refractivity (Wildman–Crippen MR) is 380 cm³/mol. The van der Waals surface area contributed by atoms with Crippen molar-refractivity contribution in [1.29, 1.82) is 0 Å². The third-order valence-electron chi connectivity index (χ3n) is 17.9. The average molecular weight is 1140 g/mol. The monoisotopic (exact) mass is 1130 g/mol. The summed E-state index contributed by atoms with van der Waals surface area (Å²) in [6.07, 6.45) is 0. The van der Waals surface area contributed by atoms with Crippen molar-refractivity contribution in [2.45, 2.75) is 209 Å². The topological polar surface area (TPSA) is 0 Å². The van der Waals surface area contributed by atoms with Gasteiger partial charge in [0.15, 0.2) is 0 Å². The second-order valence-corrected chi connectivity index (χ2v) is 33.3. The molecule has 9 aromatic rings. The van der Waals surface area contributed by atoms with E-state index >= 15 is 0 Å². The van der Waals surface area contributed by atoms with Crippen LogP contribution in [-0.4, -0.2) is 0 Å². The molecule has 0 aliphatic rings. The molecule has 0 nitrogen and oxygen atoms in total. The van der Waals surface area contributed by atoms with E-state index in [9.17, 15) is 0 Å². The van der Waals surface area contributed by atoms with Crippen molar-refractivity contribution in [2.75, 3.05) is 0 Å². The van der Waals surface area contributed by atoms with Crippen molar-refractivity contribution >= 4 is 0 Å². The van der Waals surface area contributed by atoms with Gasteiger partial charge in [0.05, 0.1) is 0 Å². The van der Waals surface area contributed by atoms with Crippen molar-refractivity contribution in [3.8, 4) is 89.0 Å². The molecule has 0 aliphatic carbocycles. The number of hydrogen-bond donors (Lipinski definition) is 0. The molecule has 0 fully saturated rings. The maximum Gasteiger partial charge on any atom is -0.00923 e. The van der Waals surface area contributed by atoms with Crippen LogP contribution in [0.3, 0.4) is 0 Å². The molecule has 0 saturated carbocycles. The molecule has 0 radical (unpaired) electrons. The van der Waals surface area contributed by atoms with Crippen LogP contribution in [0.25, 0.3) is 89.0 Å². The fourth-order valence-electron chi connectivity index (χ4n) is 12.0. The Bertz CT molecular complexity index is 3330. The van der Waals surface area contributed by atoms with Crippen molar-refractivity contribution in [3.05, 3.63) is 226 Å². The van der Waals surface area contributed by atoms with Gasteiger partial charge in [-0.15, -0.1) is 0 Å². The Hall–Kier alpha value is -7.02. The standard InChI is InChI=1S/C86H102/c1-79(2,3)59-41-55(42-60(49-59)80(4,5)6)67-33-25-29-37-71(67)75-53-77(73-39-31-27-35-69(73)57-45-63(83(13,14)15)51-64(46-57)84(16,17)18)78(74-40-32-28-36-70(74)58-47-65(85(19,20)21)52-66(48-58)86(22,23)24)54-76(75)72-38-30-26-34-68(72)56-43-61(81(7,8)9)50-62(44-56)82(10,11)12/h25-54H,1-24H3. The van der Waals surface area contributed by atoms with Crippen LogP contribution >= 0.6 is 0 Å². The van der Waals surface area contributed by atoms with Gasteiger partial charge in [-0.3, -0.25) is 0 Å². The van der Waals surface area contributed by atoms with E-state index < -0.39 is 0 Å². The van der Waals surface area contributed by atoms with Crippen molar-refractivity contribution in [3.63, 3.8) is 0 Å². The molecule has 446 valence electrons. The minimum Gasteiger partial charge on any atom is -0.0616 e. The molecule has 86 heavy (non-hydrogen) atoms. The lowest BCUT2D eigenvalue weighted by Crippen LogP contribution is -2.16. The Balaban J connectivity index is 1.51. The van der Waals surface area contributed by atoms with E-state index in [1.54, 1.807) is 0 Å². The first-order valence-electron chi connectivity index (χ1n) is 31.9. The smallest absolute Gasteiger partial charge is 0.00923 e. The third kappa shape index (κ3) is 13.6. The molecule has 0 bridgehead atoms. The Kier molecular flexibility index (Phi) is 16.7. The Morgan fingerprint density at radius 3 is 0.395 bits per heavy atom. The Labute approximate surface area is 522 Å². The minimum absolute atomic E-state index is 0.0638. The van der Waals surface area contributed by atoms with Gasteiger partial charge in [-0.05, 0) is 189 Å². The SMILES string of the molecule is CC(C)(C)c1cc(-c2ccccc2-c2cc(-c3ccccc3-c3cc(C(C)(C)C)cc(C(C)(C)C)c3)c(-c3ccccc3-c3cc(C(C)(C)C)cc(C(C)(C)C)c3)cc2-c2ccccc2-c2cc(C(C)(C)C)cc(C(C)(C)C)c2)cc(C(C)(C)C)c1. The van der Waals surface area contributed by atoms with Gasteiger partial charge in [-0.25, -0.2) is 0 Å². The number of benzene rings is 9. The molecule has 0 N–H and O–H groups in total. The van der Waals surface area contributed by atoms with Crippen molar-refractivity contribution in [1.82, 2.24) is 0 Å². The van der Waals surface area contributed by atoms with E-state index in [-0.39, 0.29) is 43.3 Å². The van der Waals surface area contributed by atoms with Gasteiger partial charge in [0.1, 0.15) is 0 Å². The summed E-state index contributed by atoms with van der Waals surface area (Å²) in [5.41, 5.74) is 29.7. The van der Waals surface area contributed by atoms with Crippen molar-refractivity contribution in [2.24, 2.45) is 0 Å². The fourth-order valence-corrected chi connectivity index (χ4v) is 12.0. The molecule has 0 heterocycles. The largest absolute Gasteiger partial charge is 0.0616 e. The van der Waals surface area contributed by atoms with Gasteiger partial charge in [0.2, 0.25) is 0 Å². The van der Waals surface area contributed by atoms with Gasteiger partial charge in [-0.1, -0.05) is 336 Å². The summed E-state index contributed by atoms with van der Waals surface area (Å²) in [5, 5.41) is 0. The van der Waals surface area contributed by atoms with E-state index in [0.717, 1.165) is 0 Å². The van der Waals surface area contributed by atoms with Gasteiger partial charge < -0.3 is 0 Å². The quantitative estimate of drug-likeness (QED) is 0.142. The van der Waals surface area contributed by atoms with E-state index in [0.29, 0.717) is 0 Å². The highest BCUT2D eigenvalue weighted by molar-refractivity contribution is 6.05. The van der Waals surface area contributed by atoms with Crippen molar-refractivity contribution < 1.29 is 0 Å². The summed E-state index contributed by atoms with van der Waals surface area (Å²) >= 11 is 0. The van der Waals surface area contributed by atoms with Gasteiger partial charge in [0.25, 0.3) is 0 Å². The second kappa shape index (κ2) is 22.6. The molecule has 0 heteroatoms. The summed E-state index contributed by atoms with van der Waals surface area (Å²) in [6.45, 7) is 56.4. The van der Waals surface area contributed by atoms with E-state index in [1.165, 1.54) is 134 Å². The summed E-state index contributed by atoms with van der Waals surface area (Å²) < 4.78 is 0. The lowest BCUT2D eigenvalue weighted by Gasteiger charge is -2.28. The molecular formula is C86H102. The lowest BCUT2D eigenvalue weighted by molar-refractivity contribution is 0.568. The second-order valence-electron chi connectivity index (χ2n) is 33.3. The van der Waals surface area contributed by atoms with E-state index in [4.69, 9.17) is 0 Å². The van der Waals surface area contributed by atoms with Crippen LogP contribution in [0.2, 0.25) is 0 Å². The zero-order valence-electron chi connectivity index (χ0n) is 57.3. The molecular weight excluding hydrogens is 1030 g/mol. The van der Waals surface area contributed by atoms with Crippen LogP contribution in [-0.2, 0) is 43.3 Å². The molecule has 0 atom stereocenters. The van der Waals surface area contributed by atoms with Crippen LogP contribution in [0.4, 0.5) is 0 Å². The van der Waals surface area contributed by atoms with E-state index in [1.807, 2.05) is 0 Å².